The maximum atomic E-state index is 12.3. The van der Waals surface area contributed by atoms with Crippen molar-refractivity contribution in [2.45, 2.75) is 66.2 Å². The highest BCUT2D eigenvalue weighted by molar-refractivity contribution is 9.09. The molecule has 14 heteroatoms. The third kappa shape index (κ3) is 17.0. The summed E-state index contributed by atoms with van der Waals surface area (Å²) < 4.78 is 8.78. The number of aliphatic hydroxyl groups is 1. The highest BCUT2D eigenvalue weighted by Gasteiger charge is 2.23. The standard InChI is InChI=1S/2C18H17NO3.C15H13NO.C15H12O.C3H5BrO2.2CH4/c1-21-17(20)12-22-19-18-15-8-4-2-6-13(15)10-11-14-7-3-5-9-16(14)18;20-11-15(21)12-22-19-18-16-7-3-1-5-13(16)9-10-14-6-2-4-8-17(14)18;17-16-15-13-7-3-1-5-11(13)9-10-12-6-2-4-8-14(12)15;16-15-13-7-3-1-5-11(13)9-10-12-6-2-4-8-14(12)15;1-6-3(5)2-4;;/h2-9H,10-12H2,1H3;1-8,20H,9-12H2;1-8,17H,9-10H2;1-8H,9-10H2;2H2,1H3;2*1H4. The van der Waals surface area contributed by atoms with E-state index in [0.29, 0.717) is 5.71 Å². The van der Waals surface area contributed by atoms with Gasteiger partial charge >= 0.3 is 11.9 Å². The van der Waals surface area contributed by atoms with Crippen LogP contribution in [0, 0.1) is 0 Å². The molecule has 0 saturated heterocycles. The molecule has 0 radical (unpaired) electrons. The maximum absolute atomic E-state index is 12.3. The summed E-state index contributed by atoms with van der Waals surface area (Å²) in [7, 11) is 2.68. The second kappa shape index (κ2) is 33.3. The SMILES string of the molecule is C.C.COC(=O)CBr.COC(=O)CON=C1c2ccccc2CCc2ccccc21.O=C(CO)CON=C1c2ccccc2CCc2ccccc21.O=C1c2ccccc2CCc2ccccc21.ON=C1c2ccccc2CCc2ccccc21. The van der Waals surface area contributed by atoms with Crippen LogP contribution in [-0.2, 0) is 84.9 Å². The van der Waals surface area contributed by atoms with Gasteiger partial charge in [-0.3, -0.25) is 14.4 Å². The number of aryl methyl sites for hydroxylation is 8. The number of benzene rings is 8. The van der Waals surface area contributed by atoms with Gasteiger partial charge in [-0.15, -0.1) is 0 Å². The van der Waals surface area contributed by atoms with E-state index in [1.54, 1.807) is 0 Å². The number of nitrogens with zero attached hydrogens (tertiary/aromatic N) is 3. The minimum Gasteiger partial charge on any atom is -0.468 e. The van der Waals surface area contributed by atoms with E-state index in [1.807, 2.05) is 146 Å². The molecule has 0 fully saturated rings. The zero-order valence-corrected chi connectivity index (χ0v) is 47.9. The van der Waals surface area contributed by atoms with Crippen LogP contribution in [-0.4, -0.2) is 90.3 Å². The van der Waals surface area contributed by atoms with Crippen molar-refractivity contribution in [1.82, 2.24) is 0 Å². The van der Waals surface area contributed by atoms with Crippen LogP contribution in [0.15, 0.2) is 210 Å². The second-order valence-electron chi connectivity index (χ2n) is 19.4. The Hall–Kier alpha value is -9.11. The van der Waals surface area contributed by atoms with Crippen molar-refractivity contribution in [3.63, 3.8) is 0 Å². The number of rotatable bonds is 8. The lowest BCUT2D eigenvalue weighted by Gasteiger charge is -2.09. The average molecular weight is 1210 g/mol. The van der Waals surface area contributed by atoms with Crippen LogP contribution in [0.2, 0.25) is 0 Å². The summed E-state index contributed by atoms with van der Waals surface area (Å²) in [5, 5.41) is 30.3. The van der Waals surface area contributed by atoms with E-state index < -0.39 is 12.6 Å². The zero-order chi connectivity index (χ0) is 58.3. The Morgan fingerprint density at radius 3 is 0.894 bits per heavy atom. The predicted molar refractivity (Wildman–Crippen MR) is 339 cm³/mol. The minimum absolute atomic E-state index is 0. The summed E-state index contributed by atoms with van der Waals surface area (Å²) in [6.45, 7) is -0.938. The van der Waals surface area contributed by atoms with Gasteiger partial charge in [0.05, 0.1) is 14.2 Å². The molecule has 0 bridgehead atoms. The van der Waals surface area contributed by atoms with Gasteiger partial charge in [0.15, 0.2) is 18.2 Å². The Bertz CT molecular complexity index is 3340. The molecule has 0 spiro atoms. The van der Waals surface area contributed by atoms with Crippen molar-refractivity contribution < 1.29 is 48.6 Å². The molecule has 0 aromatic heterocycles. The van der Waals surface area contributed by atoms with Crippen molar-refractivity contribution in [2.75, 3.05) is 39.4 Å². The topological polar surface area (TPSA) is 183 Å². The number of carbonyl (C=O) groups is 4. The van der Waals surface area contributed by atoms with Gasteiger partial charge in [0.1, 0.15) is 29.1 Å². The van der Waals surface area contributed by atoms with Crippen LogP contribution >= 0.6 is 15.9 Å². The third-order valence-corrected chi connectivity index (χ3v) is 14.8. The van der Waals surface area contributed by atoms with Gasteiger partial charge < -0.3 is 29.5 Å². The van der Waals surface area contributed by atoms with E-state index in [4.69, 9.17) is 14.8 Å². The summed E-state index contributed by atoms with van der Waals surface area (Å²) in [6.07, 6.45) is 7.71. The zero-order valence-electron chi connectivity index (χ0n) is 46.3. The lowest BCUT2D eigenvalue weighted by atomic mass is 9.98. The van der Waals surface area contributed by atoms with Crippen LogP contribution in [0.25, 0.3) is 0 Å². The van der Waals surface area contributed by atoms with E-state index in [1.165, 1.54) is 58.7 Å². The quantitative estimate of drug-likeness (QED) is 0.0643. The molecule has 12 rings (SSSR count). The number of halogens is 1. The second-order valence-corrected chi connectivity index (χ2v) is 20.0. The summed E-state index contributed by atoms with van der Waals surface area (Å²) >= 11 is 2.90. The number of fused-ring (bicyclic) bond motifs is 8. The summed E-state index contributed by atoms with van der Waals surface area (Å²) in [5.74, 6) is -0.905. The van der Waals surface area contributed by atoms with E-state index in [9.17, 15) is 24.4 Å². The largest absolute Gasteiger partial charge is 0.468 e. The Kier molecular flexibility index (Phi) is 25.4. The molecular formula is C71H72BrN3O10. The number of aliphatic hydroxyl groups excluding tert-OH is 1. The number of Topliss-reactive ketones (excluding diaryl/α,β-unsaturated/α-hetero) is 1. The first-order chi connectivity index (χ1) is 40.7. The molecule has 0 aliphatic heterocycles. The lowest BCUT2D eigenvalue weighted by molar-refractivity contribution is -0.145. The summed E-state index contributed by atoms with van der Waals surface area (Å²) in [4.78, 5) is 55.0. The van der Waals surface area contributed by atoms with Gasteiger partial charge in [0.25, 0.3) is 0 Å². The Morgan fingerprint density at radius 2 is 0.647 bits per heavy atom. The molecule has 8 aromatic rings. The summed E-state index contributed by atoms with van der Waals surface area (Å²) in [6, 6.07) is 64.7. The monoisotopic (exact) mass is 1210 g/mol. The van der Waals surface area contributed by atoms with Gasteiger partial charge in [-0.2, -0.15) is 0 Å². The Balaban J connectivity index is 0.000000176. The number of hydrogen-bond acceptors (Lipinski definition) is 13. The fourth-order valence-electron chi connectivity index (χ4n) is 10.2. The first-order valence-corrected chi connectivity index (χ1v) is 28.4. The molecule has 4 aliphatic rings. The fourth-order valence-corrected chi connectivity index (χ4v) is 10.4. The van der Waals surface area contributed by atoms with Crippen molar-refractivity contribution >= 4 is 56.6 Å². The third-order valence-electron chi connectivity index (χ3n) is 14.4. The van der Waals surface area contributed by atoms with Crippen LogP contribution in [0.3, 0.4) is 0 Å². The minimum atomic E-state index is -0.530. The highest BCUT2D eigenvalue weighted by Crippen LogP contribution is 2.29. The van der Waals surface area contributed by atoms with Crippen molar-refractivity contribution in [3.8, 4) is 0 Å². The molecule has 0 unspecified atom stereocenters. The molecule has 0 heterocycles. The van der Waals surface area contributed by atoms with Gasteiger partial charge in [-0.05, 0) is 95.9 Å². The number of hydrogen-bond donors (Lipinski definition) is 2. The molecule has 0 amide bonds. The smallest absolute Gasteiger partial charge is 0.346 e. The molecular weight excluding hydrogens is 1130 g/mol. The van der Waals surface area contributed by atoms with Crippen LogP contribution < -0.4 is 0 Å². The van der Waals surface area contributed by atoms with Crippen molar-refractivity contribution in [1.29, 1.82) is 0 Å². The van der Waals surface area contributed by atoms with Crippen molar-refractivity contribution in [2.24, 2.45) is 15.5 Å². The van der Waals surface area contributed by atoms with E-state index in [-0.39, 0.29) is 50.9 Å². The average Bonchev–Trinajstić information content (AvgIpc) is 2.98. The molecule has 13 nitrogen and oxygen atoms in total. The predicted octanol–water partition coefficient (Wildman–Crippen LogP) is 12.7. The normalized spacial score (nSPS) is 12.5. The molecule has 4 aliphatic carbocycles. The Morgan fingerprint density at radius 1 is 0.400 bits per heavy atom. The Labute approximate surface area is 506 Å². The molecule has 0 saturated carbocycles. The first-order valence-electron chi connectivity index (χ1n) is 27.3. The number of ketones is 2. The number of methoxy groups -OCH3 is 2. The van der Waals surface area contributed by atoms with Crippen molar-refractivity contribution in [3.05, 3.63) is 283 Å². The number of ether oxygens (including phenoxy) is 2. The van der Waals surface area contributed by atoms with Crippen LogP contribution in [0.1, 0.15) is 109 Å². The van der Waals surface area contributed by atoms with Gasteiger partial charge in [-0.25, -0.2) is 4.79 Å². The number of esters is 2. The number of alkyl halides is 1. The van der Waals surface area contributed by atoms with E-state index in [2.05, 4.69) is 89.4 Å². The number of oxime groups is 3. The molecule has 2 N–H and O–H groups in total. The first kappa shape index (κ1) is 65.0. The van der Waals surface area contributed by atoms with Gasteiger partial charge in [0.2, 0.25) is 6.61 Å². The summed E-state index contributed by atoms with van der Waals surface area (Å²) in [5.41, 5.74) is 19.9. The highest BCUT2D eigenvalue weighted by atomic mass is 79.9. The fraction of sp³-hybridized carbons (Fsp3) is 0.225. The van der Waals surface area contributed by atoms with Crippen LogP contribution in [0.5, 0.6) is 0 Å². The molecule has 85 heavy (non-hydrogen) atoms. The van der Waals surface area contributed by atoms with E-state index >= 15 is 0 Å². The van der Waals surface area contributed by atoms with E-state index in [0.717, 1.165) is 107 Å². The molecule has 8 aromatic carbocycles. The molecule has 0 atom stereocenters. The lowest BCUT2D eigenvalue weighted by Crippen LogP contribution is -2.13. The maximum Gasteiger partial charge on any atom is 0.346 e. The molecule has 438 valence electrons. The van der Waals surface area contributed by atoms with Gasteiger partial charge in [0, 0.05) is 44.5 Å². The van der Waals surface area contributed by atoms with Gasteiger partial charge in [-0.1, -0.05) is 240 Å². The van der Waals surface area contributed by atoms with Crippen LogP contribution in [0.4, 0.5) is 0 Å². The number of carbonyl (C=O) groups excluding carboxylic acids is 4.